The number of carboxylic acids is 3. The van der Waals surface area contributed by atoms with E-state index >= 15 is 0 Å². The van der Waals surface area contributed by atoms with Gasteiger partial charge < -0.3 is 43.9 Å². The van der Waals surface area contributed by atoms with E-state index in [-0.39, 0.29) is 24.4 Å². The molecule has 0 bridgehead atoms. The van der Waals surface area contributed by atoms with Gasteiger partial charge in [0.25, 0.3) is 0 Å². The van der Waals surface area contributed by atoms with Crippen molar-refractivity contribution in [2.24, 2.45) is 0 Å². The molecule has 3 unspecified atom stereocenters. The smallest absolute Gasteiger partial charge is 0.549 e. The second kappa shape index (κ2) is 34.2. The molecule has 0 spiro atoms. The Bertz CT molecular complexity index is 460. The van der Waals surface area contributed by atoms with Crippen molar-refractivity contribution in [1.82, 2.24) is 0 Å². The maximum absolute atomic E-state index is 10.2. The molecule has 13 heteroatoms. The molecule has 0 rings (SSSR count). The first-order valence-corrected chi connectivity index (χ1v) is 14.0. The number of unbranched alkanes of at least 4 members (excludes halogenated alkanes) is 3. The van der Waals surface area contributed by atoms with Crippen molar-refractivity contribution in [3.05, 3.63) is 0 Å². The van der Waals surface area contributed by atoms with E-state index in [0.717, 1.165) is 38.5 Å². The first-order valence-electron chi connectivity index (χ1n) is 12.4. The van der Waals surface area contributed by atoms with Crippen LogP contribution in [0.3, 0.4) is 0 Å². The van der Waals surface area contributed by atoms with Crippen LogP contribution in [0, 0.1) is 0 Å². The van der Waals surface area contributed by atoms with Crippen molar-refractivity contribution in [3.8, 4) is 0 Å². The van der Waals surface area contributed by atoms with Crippen LogP contribution in [0.5, 0.6) is 0 Å². The molecule has 0 aromatic rings. The van der Waals surface area contributed by atoms with Gasteiger partial charge in [-0.25, -0.2) is 0 Å². The number of carbonyl (C=O) groups is 3. The minimum atomic E-state index is -1.13. The van der Waals surface area contributed by atoms with Gasteiger partial charge in [0, 0.05) is 55.4 Å². The van der Waals surface area contributed by atoms with Crippen LogP contribution in [0.1, 0.15) is 78.6 Å². The summed E-state index contributed by atoms with van der Waals surface area (Å²) < 4.78 is 15.5. The molecule has 0 aromatic heterocycles. The predicted molar refractivity (Wildman–Crippen MR) is 150 cm³/mol. The Balaban J connectivity index is -0.000000218. The fourth-order valence-corrected chi connectivity index (χ4v) is 2.30. The normalized spacial score (nSPS) is 12.5. The van der Waals surface area contributed by atoms with Crippen molar-refractivity contribution < 1.29 is 43.9 Å². The summed E-state index contributed by atoms with van der Waals surface area (Å²) in [5, 5.41) is 28.4. The van der Waals surface area contributed by atoms with Crippen LogP contribution in [0.15, 0.2) is 0 Å². The molecule has 0 N–H and O–H groups in total. The van der Waals surface area contributed by atoms with Gasteiger partial charge in [-0.3, -0.25) is 0 Å². The Morgan fingerprint density at radius 1 is 0.541 bits per heavy atom. The maximum Gasteiger partial charge on any atom is 3.00 e. The van der Waals surface area contributed by atoms with Gasteiger partial charge in [-0.2, -0.15) is 37.9 Å². The second-order valence-electron chi connectivity index (χ2n) is 7.77. The molecule has 37 heavy (non-hydrogen) atoms. The first-order chi connectivity index (χ1) is 17.0. The minimum absolute atomic E-state index is 0. The molecule has 0 aromatic carbocycles. The maximum atomic E-state index is 10.2. The minimum Gasteiger partial charge on any atom is -0.549 e. The monoisotopic (exact) mass is 694 g/mol. The number of carboxylic acid groups (broad SMARTS) is 3. The van der Waals surface area contributed by atoms with Crippen molar-refractivity contribution in [2.45, 2.75) is 94.3 Å². The Labute approximate surface area is 256 Å². The topological polar surface area (TPSA) is 148 Å². The predicted octanol–water partition coefficient (Wildman–Crippen LogP) is 0.344. The van der Waals surface area contributed by atoms with Gasteiger partial charge in [-0.05, 0) is 38.5 Å². The summed E-state index contributed by atoms with van der Waals surface area (Å²) in [6, 6.07) is 0. The van der Waals surface area contributed by atoms with E-state index < -0.39 is 33.7 Å². The van der Waals surface area contributed by atoms with Gasteiger partial charge in [-0.1, -0.05) is 40.0 Å². The summed E-state index contributed by atoms with van der Waals surface area (Å²) in [5.41, 5.74) is 0. The summed E-state index contributed by atoms with van der Waals surface area (Å²) in [6.07, 6.45) is 7.55. The fourth-order valence-electron chi connectivity index (χ4n) is 1.98. The largest absolute Gasteiger partial charge is 3.00 e. The zero-order valence-electron chi connectivity index (χ0n) is 22.3. The third kappa shape index (κ3) is 38.4. The van der Waals surface area contributed by atoms with Gasteiger partial charge in [0.15, 0.2) is 0 Å². The average molecular weight is 696 g/mol. The van der Waals surface area contributed by atoms with Gasteiger partial charge >= 0.3 is 24.4 Å². The fraction of sp³-hybridized carbons (Fsp3) is 0.875. The summed E-state index contributed by atoms with van der Waals surface area (Å²) in [4.78, 5) is 30.5. The first kappa shape index (κ1) is 44.2. The third-order valence-corrected chi connectivity index (χ3v) is 5.76. The van der Waals surface area contributed by atoms with Crippen LogP contribution in [-0.2, 0) is 28.6 Å². The van der Waals surface area contributed by atoms with E-state index in [0.29, 0.717) is 58.9 Å². The molecule has 9 nitrogen and oxygen atoms in total. The molecule has 0 heterocycles. The van der Waals surface area contributed by atoms with E-state index in [4.69, 9.17) is 14.2 Å². The summed E-state index contributed by atoms with van der Waals surface area (Å²) >= 11 is 11.4. The molecule has 0 aliphatic heterocycles. The zero-order valence-corrected chi connectivity index (χ0v) is 27.5. The SMILES string of the molecule is CCCCOCCC(S)C(=O)[O-].CCCCOCCC(S)C(=O)[O-].CCCCOCCC(S)C(=O)[O-].[Sb+3]. The molecule has 218 valence electrons. The van der Waals surface area contributed by atoms with E-state index in [1.165, 1.54) is 0 Å². The van der Waals surface area contributed by atoms with E-state index in [1.54, 1.807) is 0 Å². The van der Waals surface area contributed by atoms with Crippen molar-refractivity contribution in [1.29, 1.82) is 0 Å². The summed E-state index contributed by atoms with van der Waals surface area (Å²) in [6.45, 7) is 9.66. The Morgan fingerprint density at radius 3 is 0.919 bits per heavy atom. The Morgan fingerprint density at radius 2 is 0.757 bits per heavy atom. The van der Waals surface area contributed by atoms with E-state index in [2.05, 4.69) is 58.7 Å². The summed E-state index contributed by atoms with van der Waals surface area (Å²) in [5.74, 6) is -3.38. The van der Waals surface area contributed by atoms with Gasteiger partial charge in [0.05, 0.1) is 17.9 Å². The molecule has 0 aliphatic rings. The number of rotatable bonds is 21. The van der Waals surface area contributed by atoms with E-state index in [9.17, 15) is 29.7 Å². The molecule has 0 aliphatic carbocycles. The van der Waals surface area contributed by atoms with E-state index in [1.807, 2.05) is 0 Å². The molecule has 0 amide bonds. The third-order valence-electron chi connectivity index (χ3n) is 4.35. The molecule has 0 saturated heterocycles. The van der Waals surface area contributed by atoms with Crippen molar-refractivity contribution in [2.75, 3.05) is 39.6 Å². The van der Waals surface area contributed by atoms with Crippen LogP contribution in [0.25, 0.3) is 0 Å². The number of hydrogen-bond donors (Lipinski definition) is 3. The summed E-state index contributed by atoms with van der Waals surface area (Å²) in [7, 11) is 0. The van der Waals surface area contributed by atoms with Crippen molar-refractivity contribution >= 4 is 80.2 Å². The molecule has 0 saturated carbocycles. The van der Waals surface area contributed by atoms with Gasteiger partial charge in [0.2, 0.25) is 0 Å². The number of hydrogen-bond acceptors (Lipinski definition) is 12. The molecule has 3 atom stereocenters. The van der Waals surface area contributed by atoms with Crippen molar-refractivity contribution in [3.63, 3.8) is 0 Å². The number of thiol groups is 3. The number of ether oxygens (including phenoxy) is 3. The number of aliphatic carboxylic acids is 3. The molecular weight excluding hydrogens is 650 g/mol. The molecule has 2 radical (unpaired) electrons. The number of carbonyl (C=O) groups excluding carboxylic acids is 3. The molecular formula is C24H45O9S3Sb. The van der Waals surface area contributed by atoms with Gasteiger partial charge in [-0.15, -0.1) is 0 Å². The second-order valence-corrected chi connectivity index (χ2v) is 9.64. The van der Waals surface area contributed by atoms with Crippen LogP contribution in [0.2, 0.25) is 0 Å². The van der Waals surface area contributed by atoms with Crippen LogP contribution in [-0.4, -0.2) is 97.7 Å². The Hall–Kier alpha value is 0.158. The van der Waals surface area contributed by atoms with Crippen LogP contribution < -0.4 is 15.3 Å². The average Bonchev–Trinajstić information content (AvgIpc) is 2.83. The quantitative estimate of drug-likeness (QED) is 0.0879. The molecule has 0 fully saturated rings. The van der Waals surface area contributed by atoms with Crippen LogP contribution in [0.4, 0.5) is 0 Å². The van der Waals surface area contributed by atoms with Gasteiger partial charge in [0.1, 0.15) is 0 Å². The zero-order chi connectivity index (χ0) is 28.2. The van der Waals surface area contributed by atoms with Crippen LogP contribution >= 0.6 is 37.9 Å². The standard InChI is InChI=1S/3C8H16O3S.Sb/c3*1-2-3-5-11-6-4-7(12)8(9)10;/h3*7,12H,2-6H2,1H3,(H,9,10);/q;;;+3/p-3. The Kier molecular flexibility index (Phi) is 40.8.